The number of carbonyl (C=O) groups is 1. The van der Waals surface area contributed by atoms with E-state index >= 15 is 0 Å². The van der Waals surface area contributed by atoms with Crippen molar-refractivity contribution in [3.63, 3.8) is 0 Å². The van der Waals surface area contributed by atoms with E-state index in [2.05, 4.69) is 37.3 Å². The Morgan fingerprint density at radius 3 is 2.83 bits per heavy atom. The molecule has 3 aromatic rings. The summed E-state index contributed by atoms with van der Waals surface area (Å²) in [7, 11) is 0. The zero-order chi connectivity index (χ0) is 17.1. The predicted molar refractivity (Wildman–Crippen MR) is 105 cm³/mol. The van der Waals surface area contributed by atoms with Gasteiger partial charge in [0.2, 0.25) is 0 Å². The maximum Gasteiger partial charge on any atom is 0.268 e. The average Bonchev–Trinajstić information content (AvgIpc) is 3.14. The third-order valence-corrected chi connectivity index (χ3v) is 5.81. The van der Waals surface area contributed by atoms with Gasteiger partial charge in [-0.25, -0.2) is 0 Å². The summed E-state index contributed by atoms with van der Waals surface area (Å²) in [6.07, 6.45) is 4.06. The average molecular weight is 403 g/mol. The number of allylic oxidation sites excluding steroid dienone is 2. The van der Waals surface area contributed by atoms with Crippen LogP contribution < -0.4 is 5.32 Å². The van der Waals surface area contributed by atoms with Gasteiger partial charge in [0.05, 0.1) is 20.7 Å². The number of amides is 1. The molecule has 1 atom stereocenters. The lowest BCUT2D eigenvalue weighted by Gasteiger charge is -2.15. The van der Waals surface area contributed by atoms with Crippen LogP contribution in [-0.2, 0) is 6.54 Å². The normalized spacial score (nSPS) is 12.8. The highest BCUT2D eigenvalue weighted by Gasteiger charge is 2.19. The number of hydrogen-bond donors (Lipinski definition) is 1. The lowest BCUT2D eigenvalue weighted by Crippen LogP contribution is -2.28. The van der Waals surface area contributed by atoms with Gasteiger partial charge in [-0.3, -0.25) is 4.79 Å². The van der Waals surface area contributed by atoms with E-state index in [-0.39, 0.29) is 11.9 Å². The van der Waals surface area contributed by atoms with Crippen molar-refractivity contribution in [3.8, 4) is 0 Å². The van der Waals surface area contributed by atoms with Crippen LogP contribution in [0.5, 0.6) is 0 Å². The molecule has 3 nitrogen and oxygen atoms in total. The number of carbonyl (C=O) groups excluding carboxylic acids is 1. The minimum atomic E-state index is -0.0499. The molecule has 2 aromatic heterocycles. The summed E-state index contributed by atoms with van der Waals surface area (Å²) in [5, 5.41) is 5.17. The third-order valence-electron chi connectivity index (χ3n) is 3.98. The highest BCUT2D eigenvalue weighted by molar-refractivity contribution is 9.10. The Labute approximate surface area is 154 Å². The Kier molecular flexibility index (Phi) is 5.21. The Balaban J connectivity index is 1.91. The molecule has 0 bridgehead atoms. The molecule has 124 valence electrons. The first-order valence-corrected chi connectivity index (χ1v) is 9.52. The standard InChI is InChI=1S/C19H19BrN2OS/c1-3-4-10-22-16(11-17-18(22)15(20)12-24-17)19(23)21-13(2)14-8-6-5-7-9-14/h3-9,11-13H,10H2,1-2H3,(H,21,23)/b4-3+. The Hall–Kier alpha value is -1.85. The van der Waals surface area contributed by atoms with Gasteiger partial charge in [0.15, 0.2) is 0 Å². The van der Waals surface area contributed by atoms with Gasteiger partial charge in [-0.15, -0.1) is 11.3 Å². The van der Waals surface area contributed by atoms with Gasteiger partial charge in [-0.1, -0.05) is 42.5 Å². The van der Waals surface area contributed by atoms with E-state index in [4.69, 9.17) is 0 Å². The van der Waals surface area contributed by atoms with Gasteiger partial charge >= 0.3 is 0 Å². The van der Waals surface area contributed by atoms with Crippen molar-refractivity contribution in [3.05, 3.63) is 69.7 Å². The molecule has 1 aromatic carbocycles. The first-order valence-electron chi connectivity index (χ1n) is 7.85. The summed E-state index contributed by atoms with van der Waals surface area (Å²) in [6, 6.07) is 11.9. The number of rotatable bonds is 5. The fourth-order valence-electron chi connectivity index (χ4n) is 2.72. The number of halogens is 1. The molecule has 5 heteroatoms. The highest BCUT2D eigenvalue weighted by Crippen LogP contribution is 2.33. The molecule has 0 radical (unpaired) electrons. The zero-order valence-corrected chi connectivity index (χ0v) is 16.0. The van der Waals surface area contributed by atoms with Gasteiger partial charge in [0, 0.05) is 11.9 Å². The van der Waals surface area contributed by atoms with Gasteiger partial charge in [-0.05, 0) is 41.4 Å². The van der Waals surface area contributed by atoms with Gasteiger partial charge < -0.3 is 9.88 Å². The Morgan fingerprint density at radius 2 is 2.12 bits per heavy atom. The molecule has 0 spiro atoms. The van der Waals surface area contributed by atoms with E-state index in [1.165, 1.54) is 0 Å². The minimum Gasteiger partial charge on any atom is -0.344 e. The maximum atomic E-state index is 12.8. The second kappa shape index (κ2) is 7.36. The van der Waals surface area contributed by atoms with Crippen LogP contribution in [0.3, 0.4) is 0 Å². The largest absolute Gasteiger partial charge is 0.344 e. The highest BCUT2D eigenvalue weighted by atomic mass is 79.9. The molecule has 0 aliphatic heterocycles. The second-order valence-corrected chi connectivity index (χ2v) is 7.38. The molecule has 24 heavy (non-hydrogen) atoms. The van der Waals surface area contributed by atoms with E-state index in [9.17, 15) is 4.79 Å². The van der Waals surface area contributed by atoms with Crippen LogP contribution in [0.2, 0.25) is 0 Å². The molecule has 3 rings (SSSR count). The summed E-state index contributed by atoms with van der Waals surface area (Å²) in [5.41, 5.74) is 2.87. The summed E-state index contributed by atoms with van der Waals surface area (Å²) >= 11 is 5.24. The summed E-state index contributed by atoms with van der Waals surface area (Å²) in [6.45, 7) is 4.67. The SMILES string of the molecule is C/C=C/Cn1c(C(=O)NC(C)c2ccccc2)cc2scc(Br)c21. The maximum absolute atomic E-state index is 12.8. The van der Waals surface area contributed by atoms with Gasteiger partial charge in [0.1, 0.15) is 5.69 Å². The molecule has 0 saturated carbocycles. The van der Waals surface area contributed by atoms with Gasteiger partial charge in [-0.2, -0.15) is 0 Å². The molecule has 1 N–H and O–H groups in total. The number of benzene rings is 1. The van der Waals surface area contributed by atoms with Crippen LogP contribution in [0.1, 0.15) is 35.9 Å². The first-order chi connectivity index (χ1) is 11.6. The van der Waals surface area contributed by atoms with Crippen molar-refractivity contribution in [2.45, 2.75) is 26.4 Å². The lowest BCUT2D eigenvalue weighted by molar-refractivity contribution is 0.0931. The van der Waals surface area contributed by atoms with Crippen molar-refractivity contribution in [2.75, 3.05) is 0 Å². The van der Waals surface area contributed by atoms with E-state index in [0.717, 1.165) is 20.3 Å². The van der Waals surface area contributed by atoms with Crippen molar-refractivity contribution >= 4 is 43.4 Å². The summed E-state index contributed by atoms with van der Waals surface area (Å²) in [4.78, 5) is 12.8. The molecule has 1 amide bonds. The van der Waals surface area contributed by atoms with Crippen LogP contribution >= 0.6 is 27.3 Å². The number of fused-ring (bicyclic) bond motifs is 1. The van der Waals surface area contributed by atoms with E-state index in [1.54, 1.807) is 11.3 Å². The molecular formula is C19H19BrN2OS. The fraction of sp³-hybridized carbons (Fsp3) is 0.211. The van der Waals surface area contributed by atoms with Crippen molar-refractivity contribution in [2.24, 2.45) is 0 Å². The molecule has 0 fully saturated rings. The number of thiophene rings is 1. The smallest absolute Gasteiger partial charge is 0.268 e. The molecule has 0 aliphatic carbocycles. The third kappa shape index (κ3) is 3.32. The number of nitrogens with one attached hydrogen (secondary N) is 1. The fourth-order valence-corrected chi connectivity index (χ4v) is 4.41. The van der Waals surface area contributed by atoms with Crippen LogP contribution in [0.4, 0.5) is 0 Å². The predicted octanol–water partition coefficient (Wildman–Crippen LogP) is 5.53. The Morgan fingerprint density at radius 1 is 1.38 bits per heavy atom. The van der Waals surface area contributed by atoms with E-state index < -0.39 is 0 Å². The zero-order valence-electron chi connectivity index (χ0n) is 13.6. The number of nitrogens with zero attached hydrogens (tertiary/aromatic N) is 1. The Bertz CT molecular complexity index is 880. The quantitative estimate of drug-likeness (QED) is 0.559. The van der Waals surface area contributed by atoms with E-state index in [0.29, 0.717) is 12.2 Å². The first kappa shape index (κ1) is 17.0. The van der Waals surface area contributed by atoms with Crippen LogP contribution in [-0.4, -0.2) is 10.5 Å². The van der Waals surface area contributed by atoms with Crippen LogP contribution in [0, 0.1) is 0 Å². The molecule has 0 saturated heterocycles. The number of hydrogen-bond acceptors (Lipinski definition) is 2. The minimum absolute atomic E-state index is 0.0368. The van der Waals surface area contributed by atoms with Gasteiger partial charge in [0.25, 0.3) is 5.91 Å². The van der Waals surface area contributed by atoms with Crippen molar-refractivity contribution in [1.29, 1.82) is 0 Å². The molecule has 1 unspecified atom stereocenters. The van der Waals surface area contributed by atoms with Crippen LogP contribution in [0.15, 0.2) is 58.4 Å². The van der Waals surface area contributed by atoms with Crippen LogP contribution in [0.25, 0.3) is 10.2 Å². The van der Waals surface area contributed by atoms with Crippen molar-refractivity contribution < 1.29 is 4.79 Å². The second-order valence-electron chi connectivity index (χ2n) is 5.61. The summed E-state index contributed by atoms with van der Waals surface area (Å²) in [5.74, 6) is -0.0499. The molecule has 2 heterocycles. The number of aromatic nitrogens is 1. The lowest BCUT2D eigenvalue weighted by atomic mass is 10.1. The van der Waals surface area contributed by atoms with E-state index in [1.807, 2.05) is 56.3 Å². The topological polar surface area (TPSA) is 34.0 Å². The summed E-state index contributed by atoms with van der Waals surface area (Å²) < 4.78 is 4.20. The molecule has 0 aliphatic rings. The monoisotopic (exact) mass is 402 g/mol. The van der Waals surface area contributed by atoms with Crippen molar-refractivity contribution in [1.82, 2.24) is 9.88 Å². The molecular weight excluding hydrogens is 384 g/mol.